The highest BCUT2D eigenvalue weighted by Gasteiger charge is 2.26. The molecule has 1 heteroatoms. The van der Waals surface area contributed by atoms with Gasteiger partial charge in [-0.05, 0) is 41.5 Å². The van der Waals surface area contributed by atoms with Crippen molar-refractivity contribution in [3.05, 3.63) is 54.1 Å². The molecule has 0 spiro atoms. The number of phenolic OH excluding ortho intramolecular Hbond substituents is 1. The molecular formula is C19H24O. The zero-order valence-electron chi connectivity index (χ0n) is 12.7. The Balaban J connectivity index is 2.49. The molecule has 1 atom stereocenters. The Bertz CT molecular complexity index is 559. The third-order valence-electron chi connectivity index (χ3n) is 4.34. The summed E-state index contributed by atoms with van der Waals surface area (Å²) in [7, 11) is 0. The lowest BCUT2D eigenvalue weighted by Crippen LogP contribution is -2.20. The minimum absolute atomic E-state index is 0.0453. The molecule has 0 radical (unpaired) electrons. The summed E-state index contributed by atoms with van der Waals surface area (Å²) in [6.45, 7) is 6.65. The second kappa shape index (κ2) is 6.13. The first-order valence-corrected chi connectivity index (χ1v) is 7.49. The van der Waals surface area contributed by atoms with E-state index in [1.165, 1.54) is 11.1 Å². The molecular weight excluding hydrogens is 244 g/mol. The van der Waals surface area contributed by atoms with Gasteiger partial charge in [0.15, 0.2) is 0 Å². The van der Waals surface area contributed by atoms with Crippen molar-refractivity contribution < 1.29 is 5.11 Å². The van der Waals surface area contributed by atoms with E-state index in [1.54, 1.807) is 0 Å². The van der Waals surface area contributed by atoms with Crippen molar-refractivity contribution in [3.8, 4) is 16.9 Å². The smallest absolute Gasteiger partial charge is 0.119 e. The van der Waals surface area contributed by atoms with Crippen LogP contribution in [0.25, 0.3) is 11.1 Å². The Morgan fingerprint density at radius 2 is 1.65 bits per heavy atom. The van der Waals surface area contributed by atoms with E-state index in [0.29, 0.717) is 5.75 Å². The molecule has 0 aliphatic rings. The fourth-order valence-corrected chi connectivity index (χ4v) is 2.88. The summed E-state index contributed by atoms with van der Waals surface area (Å²) in [4.78, 5) is 0. The van der Waals surface area contributed by atoms with Gasteiger partial charge >= 0.3 is 0 Å². The molecule has 0 amide bonds. The third-order valence-corrected chi connectivity index (χ3v) is 4.34. The maximum absolute atomic E-state index is 10.3. The van der Waals surface area contributed by atoms with Crippen LogP contribution in [0.1, 0.15) is 45.6 Å². The van der Waals surface area contributed by atoms with Gasteiger partial charge < -0.3 is 5.11 Å². The Hall–Kier alpha value is -1.76. The summed E-state index contributed by atoms with van der Waals surface area (Å²) in [6.07, 6.45) is 3.25. The molecule has 1 unspecified atom stereocenters. The summed E-state index contributed by atoms with van der Waals surface area (Å²) < 4.78 is 0. The lowest BCUT2D eigenvalue weighted by Gasteiger charge is -2.29. The second-order valence-corrected chi connectivity index (χ2v) is 5.76. The molecule has 106 valence electrons. The predicted molar refractivity (Wildman–Crippen MR) is 86.1 cm³/mol. The highest BCUT2D eigenvalue weighted by molar-refractivity contribution is 5.66. The zero-order valence-corrected chi connectivity index (χ0v) is 12.7. The second-order valence-electron chi connectivity index (χ2n) is 5.76. The molecule has 0 bridgehead atoms. The Morgan fingerprint density at radius 1 is 0.950 bits per heavy atom. The molecule has 0 saturated heterocycles. The van der Waals surface area contributed by atoms with E-state index in [4.69, 9.17) is 0 Å². The minimum atomic E-state index is 0.0453. The van der Waals surface area contributed by atoms with Gasteiger partial charge in [0.05, 0.1) is 0 Å². The molecule has 0 aliphatic carbocycles. The van der Waals surface area contributed by atoms with Crippen LogP contribution in [0.15, 0.2) is 48.5 Å². The van der Waals surface area contributed by atoms with Crippen LogP contribution in [-0.4, -0.2) is 5.11 Å². The number of phenols is 1. The van der Waals surface area contributed by atoms with Crippen LogP contribution in [0.4, 0.5) is 0 Å². The van der Waals surface area contributed by atoms with Crippen LogP contribution >= 0.6 is 0 Å². The first kappa shape index (κ1) is 14.6. The maximum Gasteiger partial charge on any atom is 0.119 e. The molecule has 2 aromatic rings. The minimum Gasteiger partial charge on any atom is -0.508 e. The van der Waals surface area contributed by atoms with E-state index in [1.807, 2.05) is 30.3 Å². The molecule has 0 heterocycles. The van der Waals surface area contributed by atoms with Crippen LogP contribution in [0, 0.1) is 0 Å². The number of hydrogen-bond donors (Lipinski definition) is 1. The molecule has 0 saturated carbocycles. The number of benzene rings is 2. The van der Waals surface area contributed by atoms with Gasteiger partial charge in [-0.2, -0.15) is 0 Å². The molecule has 1 nitrogen and oxygen atoms in total. The summed E-state index contributed by atoms with van der Waals surface area (Å²) in [5.74, 6) is 0.419. The summed E-state index contributed by atoms with van der Waals surface area (Å²) >= 11 is 0. The van der Waals surface area contributed by atoms with Gasteiger partial charge in [0.25, 0.3) is 0 Å². The lowest BCUT2D eigenvalue weighted by atomic mass is 9.75. The van der Waals surface area contributed by atoms with E-state index >= 15 is 0 Å². The van der Waals surface area contributed by atoms with Crippen molar-refractivity contribution in [1.29, 1.82) is 0 Å². The van der Waals surface area contributed by atoms with Crippen LogP contribution in [0.5, 0.6) is 5.75 Å². The van der Waals surface area contributed by atoms with Crippen molar-refractivity contribution in [2.45, 2.75) is 45.4 Å². The van der Waals surface area contributed by atoms with Crippen molar-refractivity contribution in [3.63, 3.8) is 0 Å². The summed E-state index contributed by atoms with van der Waals surface area (Å²) in [5, 5.41) is 10.3. The van der Waals surface area contributed by atoms with E-state index in [9.17, 15) is 5.11 Å². The quantitative estimate of drug-likeness (QED) is 0.756. The molecule has 0 fully saturated rings. The average Bonchev–Trinajstić information content (AvgIpc) is 2.48. The normalized spacial score (nSPS) is 13.9. The van der Waals surface area contributed by atoms with Gasteiger partial charge in [0.1, 0.15) is 5.75 Å². The van der Waals surface area contributed by atoms with Gasteiger partial charge in [-0.1, -0.05) is 63.6 Å². The van der Waals surface area contributed by atoms with Crippen LogP contribution in [0.2, 0.25) is 0 Å². The standard InChI is InChI=1S/C19H24O/c1-4-13-19(3,5-2)17-14-16(11-12-18(17)20)15-9-7-6-8-10-15/h6-12,14,20H,4-5,13H2,1-3H3. The summed E-state index contributed by atoms with van der Waals surface area (Å²) in [6, 6.07) is 16.3. The number of hydrogen-bond acceptors (Lipinski definition) is 1. The monoisotopic (exact) mass is 268 g/mol. The van der Waals surface area contributed by atoms with Crippen LogP contribution in [0.3, 0.4) is 0 Å². The molecule has 0 aromatic heterocycles. The van der Waals surface area contributed by atoms with Gasteiger partial charge in [-0.15, -0.1) is 0 Å². The Labute approximate surface area is 122 Å². The van der Waals surface area contributed by atoms with E-state index < -0.39 is 0 Å². The van der Waals surface area contributed by atoms with Crippen molar-refractivity contribution >= 4 is 0 Å². The maximum atomic E-state index is 10.3. The lowest BCUT2D eigenvalue weighted by molar-refractivity contribution is 0.383. The summed E-state index contributed by atoms with van der Waals surface area (Å²) in [5.41, 5.74) is 3.49. The molecule has 2 rings (SSSR count). The fourth-order valence-electron chi connectivity index (χ4n) is 2.88. The molecule has 2 aromatic carbocycles. The number of aromatic hydroxyl groups is 1. The molecule has 1 N–H and O–H groups in total. The fraction of sp³-hybridized carbons (Fsp3) is 0.368. The van der Waals surface area contributed by atoms with Crippen LogP contribution < -0.4 is 0 Å². The SMILES string of the molecule is CCCC(C)(CC)c1cc(-c2ccccc2)ccc1O. The molecule has 0 aliphatic heterocycles. The number of rotatable bonds is 5. The van der Waals surface area contributed by atoms with Crippen LogP contribution in [-0.2, 0) is 5.41 Å². The average molecular weight is 268 g/mol. The highest BCUT2D eigenvalue weighted by atomic mass is 16.3. The van der Waals surface area contributed by atoms with E-state index in [-0.39, 0.29) is 5.41 Å². The largest absolute Gasteiger partial charge is 0.508 e. The van der Waals surface area contributed by atoms with E-state index in [2.05, 4.69) is 39.0 Å². The predicted octanol–water partition coefficient (Wildman–Crippen LogP) is 5.53. The Morgan fingerprint density at radius 3 is 2.25 bits per heavy atom. The Kier molecular flexibility index (Phi) is 4.49. The van der Waals surface area contributed by atoms with Gasteiger partial charge in [0, 0.05) is 5.56 Å². The van der Waals surface area contributed by atoms with E-state index in [0.717, 1.165) is 24.8 Å². The third kappa shape index (κ3) is 2.87. The zero-order chi connectivity index (χ0) is 14.6. The van der Waals surface area contributed by atoms with Gasteiger partial charge in [0.2, 0.25) is 0 Å². The highest BCUT2D eigenvalue weighted by Crippen LogP contribution is 2.39. The first-order chi connectivity index (χ1) is 9.60. The van der Waals surface area contributed by atoms with Crippen molar-refractivity contribution in [2.24, 2.45) is 0 Å². The topological polar surface area (TPSA) is 20.2 Å². The first-order valence-electron chi connectivity index (χ1n) is 7.49. The van der Waals surface area contributed by atoms with Gasteiger partial charge in [-0.3, -0.25) is 0 Å². The van der Waals surface area contributed by atoms with Gasteiger partial charge in [-0.25, -0.2) is 0 Å². The molecule has 20 heavy (non-hydrogen) atoms. The van der Waals surface area contributed by atoms with Crippen molar-refractivity contribution in [1.82, 2.24) is 0 Å². The van der Waals surface area contributed by atoms with Crippen molar-refractivity contribution in [2.75, 3.05) is 0 Å².